The lowest BCUT2D eigenvalue weighted by Crippen LogP contribution is -2.45. The number of ketones is 1. The van der Waals surface area contributed by atoms with Crippen molar-refractivity contribution >= 4 is 5.78 Å². The Morgan fingerprint density at radius 3 is 3.12 bits per heavy atom. The van der Waals surface area contributed by atoms with Gasteiger partial charge in [0.15, 0.2) is 5.78 Å². The number of ether oxygens (including phenoxy) is 1. The number of benzene rings is 1. The van der Waals surface area contributed by atoms with Gasteiger partial charge >= 0.3 is 0 Å². The number of rotatable bonds is 3. The van der Waals surface area contributed by atoms with Gasteiger partial charge in [-0.2, -0.15) is 0 Å². The van der Waals surface area contributed by atoms with Crippen LogP contribution in [0.1, 0.15) is 17.3 Å². The Kier molecular flexibility index (Phi) is 3.86. The molecule has 3 nitrogen and oxygen atoms in total. The molecule has 92 valence electrons. The van der Waals surface area contributed by atoms with Crippen molar-refractivity contribution < 1.29 is 13.9 Å². The molecule has 1 saturated heterocycles. The van der Waals surface area contributed by atoms with Crippen molar-refractivity contribution in [2.75, 3.05) is 26.2 Å². The summed E-state index contributed by atoms with van der Waals surface area (Å²) in [5, 5.41) is 0. The van der Waals surface area contributed by atoms with Crippen LogP contribution in [0.25, 0.3) is 0 Å². The second-order valence-electron chi connectivity index (χ2n) is 4.13. The van der Waals surface area contributed by atoms with Gasteiger partial charge in [0, 0.05) is 18.7 Å². The lowest BCUT2D eigenvalue weighted by molar-refractivity contribution is -0.0148. The van der Waals surface area contributed by atoms with Crippen LogP contribution in [0.2, 0.25) is 0 Å². The molecular weight excluding hydrogens is 221 g/mol. The van der Waals surface area contributed by atoms with Crippen LogP contribution >= 0.6 is 0 Å². The summed E-state index contributed by atoms with van der Waals surface area (Å²) in [4.78, 5) is 14.3. The van der Waals surface area contributed by atoms with E-state index in [1.165, 1.54) is 12.1 Å². The van der Waals surface area contributed by atoms with Crippen molar-refractivity contribution in [3.8, 4) is 0 Å². The van der Waals surface area contributed by atoms with Crippen molar-refractivity contribution in [1.82, 2.24) is 4.90 Å². The Morgan fingerprint density at radius 1 is 1.59 bits per heavy atom. The molecule has 1 aliphatic heterocycles. The van der Waals surface area contributed by atoms with Crippen LogP contribution in [-0.2, 0) is 4.74 Å². The fraction of sp³-hybridized carbons (Fsp3) is 0.462. The molecule has 0 bridgehead atoms. The molecule has 0 aliphatic carbocycles. The molecule has 0 saturated carbocycles. The average molecular weight is 237 g/mol. The lowest BCUT2D eigenvalue weighted by Gasteiger charge is -2.31. The number of carbonyl (C=O) groups is 1. The molecule has 0 radical (unpaired) electrons. The molecule has 1 aromatic carbocycles. The van der Waals surface area contributed by atoms with E-state index in [1.54, 1.807) is 12.1 Å². The van der Waals surface area contributed by atoms with E-state index in [-0.39, 0.29) is 11.6 Å². The Morgan fingerprint density at radius 2 is 2.41 bits per heavy atom. The zero-order valence-electron chi connectivity index (χ0n) is 9.86. The maximum atomic E-state index is 13.0. The highest BCUT2D eigenvalue weighted by Crippen LogP contribution is 2.12. The van der Waals surface area contributed by atoms with E-state index in [0.29, 0.717) is 18.7 Å². The molecule has 0 spiro atoms. The fourth-order valence-corrected chi connectivity index (χ4v) is 1.98. The first kappa shape index (κ1) is 12.2. The number of hydrogen-bond acceptors (Lipinski definition) is 3. The Balaban J connectivity index is 2.09. The smallest absolute Gasteiger partial charge is 0.192 e. The number of Topliss-reactive ketones (excluding diaryl/α,β-unsaturated/α-hetero) is 1. The minimum Gasteiger partial charge on any atom is -0.367 e. The predicted octanol–water partition coefficient (Wildman–Crippen LogP) is 1.73. The first-order valence-electron chi connectivity index (χ1n) is 5.84. The van der Waals surface area contributed by atoms with E-state index >= 15 is 0 Å². The van der Waals surface area contributed by atoms with Gasteiger partial charge in [0.2, 0.25) is 0 Å². The number of likely N-dealkylation sites (N-methyl/N-ethyl adjacent to an activating group) is 1. The Bertz CT molecular complexity index is 408. The summed E-state index contributed by atoms with van der Waals surface area (Å²) in [6.45, 7) is 4.94. The maximum Gasteiger partial charge on any atom is 0.192 e. The lowest BCUT2D eigenvalue weighted by atomic mass is 10.0. The van der Waals surface area contributed by atoms with E-state index in [9.17, 15) is 9.18 Å². The average Bonchev–Trinajstić information content (AvgIpc) is 2.38. The summed E-state index contributed by atoms with van der Waals surface area (Å²) in [5.41, 5.74) is 0.382. The molecule has 1 atom stereocenters. The number of hydrogen-bond donors (Lipinski definition) is 0. The van der Waals surface area contributed by atoms with Crippen LogP contribution in [0.3, 0.4) is 0 Å². The first-order valence-corrected chi connectivity index (χ1v) is 5.84. The van der Waals surface area contributed by atoms with Crippen molar-refractivity contribution in [3.63, 3.8) is 0 Å². The molecule has 1 fully saturated rings. The summed E-state index contributed by atoms with van der Waals surface area (Å²) in [7, 11) is 0. The summed E-state index contributed by atoms with van der Waals surface area (Å²) >= 11 is 0. The monoisotopic (exact) mass is 237 g/mol. The van der Waals surface area contributed by atoms with Gasteiger partial charge in [-0.15, -0.1) is 0 Å². The minimum atomic E-state index is -0.467. The second kappa shape index (κ2) is 5.38. The molecule has 4 heteroatoms. The molecule has 1 aliphatic rings. The summed E-state index contributed by atoms with van der Waals surface area (Å²) in [5.74, 6) is -0.526. The molecule has 17 heavy (non-hydrogen) atoms. The molecule has 0 N–H and O–H groups in total. The number of nitrogens with zero attached hydrogens (tertiary/aromatic N) is 1. The molecular formula is C13H16FNO2. The fourth-order valence-electron chi connectivity index (χ4n) is 1.98. The van der Waals surface area contributed by atoms with Crippen LogP contribution in [0.15, 0.2) is 24.3 Å². The quantitative estimate of drug-likeness (QED) is 0.750. The summed E-state index contributed by atoms with van der Waals surface area (Å²) < 4.78 is 18.5. The Hall–Kier alpha value is -1.26. The molecule has 2 rings (SSSR count). The van der Waals surface area contributed by atoms with Crippen molar-refractivity contribution in [2.24, 2.45) is 0 Å². The van der Waals surface area contributed by atoms with E-state index in [2.05, 4.69) is 11.8 Å². The van der Waals surface area contributed by atoms with Crippen LogP contribution < -0.4 is 0 Å². The van der Waals surface area contributed by atoms with Crippen molar-refractivity contribution in [3.05, 3.63) is 35.6 Å². The van der Waals surface area contributed by atoms with Crippen LogP contribution in [0, 0.1) is 5.82 Å². The minimum absolute atomic E-state index is 0.136. The molecule has 1 unspecified atom stereocenters. The second-order valence-corrected chi connectivity index (χ2v) is 4.13. The first-order chi connectivity index (χ1) is 8.20. The highest BCUT2D eigenvalue weighted by molar-refractivity contribution is 5.99. The highest BCUT2D eigenvalue weighted by atomic mass is 19.1. The van der Waals surface area contributed by atoms with Gasteiger partial charge in [-0.25, -0.2) is 4.39 Å². The third-order valence-electron chi connectivity index (χ3n) is 3.00. The van der Waals surface area contributed by atoms with E-state index < -0.39 is 6.10 Å². The standard InChI is InChI=1S/C13H16FNO2/c1-2-15-6-7-17-12(9-15)13(16)10-4-3-5-11(14)8-10/h3-5,8,12H,2,6-7,9H2,1H3. The van der Waals surface area contributed by atoms with Crippen LogP contribution in [0.4, 0.5) is 4.39 Å². The zero-order valence-corrected chi connectivity index (χ0v) is 9.86. The van der Waals surface area contributed by atoms with Crippen molar-refractivity contribution in [2.45, 2.75) is 13.0 Å². The van der Waals surface area contributed by atoms with Gasteiger partial charge in [-0.1, -0.05) is 19.1 Å². The topological polar surface area (TPSA) is 29.5 Å². The van der Waals surface area contributed by atoms with Gasteiger partial charge in [-0.3, -0.25) is 9.69 Å². The zero-order chi connectivity index (χ0) is 12.3. The van der Waals surface area contributed by atoms with Gasteiger partial charge in [0.25, 0.3) is 0 Å². The van der Waals surface area contributed by atoms with E-state index in [4.69, 9.17) is 4.74 Å². The SMILES string of the molecule is CCN1CCOC(C(=O)c2cccc(F)c2)C1. The summed E-state index contributed by atoms with van der Waals surface area (Å²) in [6, 6.07) is 5.76. The van der Waals surface area contributed by atoms with E-state index in [1.807, 2.05) is 0 Å². The van der Waals surface area contributed by atoms with Gasteiger partial charge in [0.05, 0.1) is 6.61 Å². The largest absolute Gasteiger partial charge is 0.367 e. The highest BCUT2D eigenvalue weighted by Gasteiger charge is 2.26. The van der Waals surface area contributed by atoms with Gasteiger partial charge < -0.3 is 4.74 Å². The van der Waals surface area contributed by atoms with Gasteiger partial charge in [0.1, 0.15) is 11.9 Å². The van der Waals surface area contributed by atoms with Crippen LogP contribution in [-0.4, -0.2) is 43.0 Å². The normalized spacial score (nSPS) is 21.4. The summed E-state index contributed by atoms with van der Waals surface area (Å²) in [6.07, 6.45) is -0.467. The number of halogens is 1. The molecule has 0 amide bonds. The Labute approximate surface area is 100 Å². The molecule has 0 aromatic heterocycles. The number of morpholine rings is 1. The predicted molar refractivity (Wildman–Crippen MR) is 62.6 cm³/mol. The molecule has 1 aromatic rings. The third-order valence-corrected chi connectivity index (χ3v) is 3.00. The van der Waals surface area contributed by atoms with Crippen molar-refractivity contribution in [1.29, 1.82) is 0 Å². The van der Waals surface area contributed by atoms with E-state index in [0.717, 1.165) is 13.1 Å². The maximum absolute atomic E-state index is 13.0. The third kappa shape index (κ3) is 2.90. The van der Waals surface area contributed by atoms with Gasteiger partial charge in [-0.05, 0) is 18.7 Å². The van der Waals surface area contributed by atoms with Crippen LogP contribution in [0.5, 0.6) is 0 Å². The number of carbonyl (C=O) groups excluding carboxylic acids is 1. The molecule has 1 heterocycles.